The molecular weight excluding hydrogens is 414 g/mol. The Hall–Kier alpha value is -3.73. The molecule has 0 radical (unpaired) electrons. The SMILES string of the molecule is CCC12c3ccccc3C(c3ccccc31)[C@H]1C(=O)N(c3ccccc3C(=O)OC)C(=O)[C@H]12. The molecule has 0 N–H and O–H groups in total. The fourth-order valence-corrected chi connectivity index (χ4v) is 6.72. The Morgan fingerprint density at radius 3 is 2.06 bits per heavy atom. The molecule has 0 unspecified atom stereocenters. The summed E-state index contributed by atoms with van der Waals surface area (Å²) in [4.78, 5) is 41.9. The summed E-state index contributed by atoms with van der Waals surface area (Å²) in [5, 5.41) is 0. The summed E-state index contributed by atoms with van der Waals surface area (Å²) in [6.45, 7) is 2.10. The molecule has 1 saturated heterocycles. The fourth-order valence-electron chi connectivity index (χ4n) is 6.72. The van der Waals surface area contributed by atoms with Crippen LogP contribution in [-0.4, -0.2) is 24.9 Å². The maximum Gasteiger partial charge on any atom is 0.339 e. The summed E-state index contributed by atoms with van der Waals surface area (Å²) in [5.74, 6) is -2.27. The van der Waals surface area contributed by atoms with E-state index >= 15 is 0 Å². The highest BCUT2D eigenvalue weighted by atomic mass is 16.5. The van der Waals surface area contributed by atoms with Crippen LogP contribution in [0.5, 0.6) is 0 Å². The van der Waals surface area contributed by atoms with E-state index in [2.05, 4.69) is 31.2 Å². The summed E-state index contributed by atoms with van der Waals surface area (Å²) in [5.41, 5.74) is 4.46. The third-order valence-electron chi connectivity index (χ3n) is 7.90. The first-order chi connectivity index (χ1) is 16.1. The van der Waals surface area contributed by atoms with Crippen molar-refractivity contribution in [1.29, 1.82) is 0 Å². The predicted octanol–water partition coefficient (Wildman–Crippen LogP) is 4.43. The molecule has 33 heavy (non-hydrogen) atoms. The summed E-state index contributed by atoms with van der Waals surface area (Å²) in [6, 6.07) is 23.1. The van der Waals surface area contributed by atoms with E-state index in [1.165, 1.54) is 12.0 Å². The molecule has 0 aromatic heterocycles. The van der Waals surface area contributed by atoms with E-state index in [0.717, 1.165) is 22.3 Å². The first-order valence-electron chi connectivity index (χ1n) is 11.3. The van der Waals surface area contributed by atoms with Gasteiger partial charge in [-0.05, 0) is 40.8 Å². The van der Waals surface area contributed by atoms with Gasteiger partial charge < -0.3 is 4.74 Å². The monoisotopic (exact) mass is 437 g/mol. The molecule has 164 valence electrons. The number of anilines is 1. The van der Waals surface area contributed by atoms with Crippen molar-refractivity contribution in [3.8, 4) is 0 Å². The maximum absolute atomic E-state index is 14.1. The number of methoxy groups -OCH3 is 1. The molecule has 0 spiro atoms. The molecule has 2 atom stereocenters. The first kappa shape index (κ1) is 19.9. The fraction of sp³-hybridized carbons (Fsp3) is 0.250. The second kappa shape index (κ2) is 6.88. The lowest BCUT2D eigenvalue weighted by atomic mass is 9.46. The Morgan fingerprint density at radius 1 is 0.879 bits per heavy atom. The zero-order chi connectivity index (χ0) is 22.9. The van der Waals surface area contributed by atoms with Gasteiger partial charge in [0.05, 0.1) is 30.2 Å². The van der Waals surface area contributed by atoms with Gasteiger partial charge in [0.25, 0.3) is 0 Å². The van der Waals surface area contributed by atoms with Crippen LogP contribution in [0, 0.1) is 11.8 Å². The third-order valence-corrected chi connectivity index (χ3v) is 7.90. The smallest absolute Gasteiger partial charge is 0.339 e. The van der Waals surface area contributed by atoms with Crippen molar-refractivity contribution >= 4 is 23.5 Å². The Kier molecular flexibility index (Phi) is 4.15. The largest absolute Gasteiger partial charge is 0.465 e. The molecule has 3 aromatic carbocycles. The standard InChI is InChI=1S/C28H23NO4/c1-3-28-19-13-7-4-10-16(19)22(17-11-5-8-14-20(17)28)23-24(28)26(31)29(25(23)30)21-15-9-6-12-18(21)27(32)33-2/h4-15,22-24H,3H2,1-2H3/t22?,23-,24+,28?/m1/s1. The molecule has 3 aromatic rings. The van der Waals surface area contributed by atoms with Crippen molar-refractivity contribution in [2.75, 3.05) is 12.0 Å². The molecule has 1 heterocycles. The lowest BCUT2D eigenvalue weighted by molar-refractivity contribution is -0.123. The van der Waals surface area contributed by atoms with Gasteiger partial charge >= 0.3 is 5.97 Å². The third kappa shape index (κ3) is 2.29. The maximum atomic E-state index is 14.1. The summed E-state index contributed by atoms with van der Waals surface area (Å²) in [6.07, 6.45) is 0.695. The molecule has 1 fully saturated rings. The number of esters is 1. The topological polar surface area (TPSA) is 63.7 Å². The Bertz CT molecular complexity index is 1300. The zero-order valence-electron chi connectivity index (χ0n) is 18.4. The van der Waals surface area contributed by atoms with E-state index in [9.17, 15) is 14.4 Å². The number of ether oxygens (including phenoxy) is 1. The normalized spacial score (nSPS) is 26.6. The number of carbonyl (C=O) groups is 3. The summed E-state index contributed by atoms with van der Waals surface area (Å²) >= 11 is 0. The van der Waals surface area contributed by atoms with Crippen LogP contribution in [0.25, 0.3) is 0 Å². The molecule has 3 aliphatic carbocycles. The molecule has 0 saturated carbocycles. The number of imide groups is 1. The van der Waals surface area contributed by atoms with Crippen molar-refractivity contribution < 1.29 is 19.1 Å². The number of amides is 2. The van der Waals surface area contributed by atoms with Crippen molar-refractivity contribution in [3.05, 3.63) is 101 Å². The van der Waals surface area contributed by atoms with Crippen LogP contribution in [0.4, 0.5) is 5.69 Å². The van der Waals surface area contributed by atoms with Gasteiger partial charge in [-0.15, -0.1) is 0 Å². The minimum Gasteiger partial charge on any atom is -0.465 e. The van der Waals surface area contributed by atoms with Crippen molar-refractivity contribution in [2.24, 2.45) is 11.8 Å². The lowest BCUT2D eigenvalue weighted by Crippen LogP contribution is -2.53. The average molecular weight is 437 g/mol. The molecule has 5 nitrogen and oxygen atoms in total. The lowest BCUT2D eigenvalue weighted by Gasteiger charge is -2.54. The number of hydrogen-bond donors (Lipinski definition) is 0. The van der Waals surface area contributed by atoms with Gasteiger partial charge in [0.15, 0.2) is 0 Å². The molecule has 1 aliphatic heterocycles. The van der Waals surface area contributed by atoms with Gasteiger partial charge in [-0.1, -0.05) is 67.6 Å². The average Bonchev–Trinajstić information content (AvgIpc) is 3.14. The van der Waals surface area contributed by atoms with Crippen LogP contribution in [0.2, 0.25) is 0 Å². The van der Waals surface area contributed by atoms with E-state index in [1.54, 1.807) is 24.3 Å². The minimum atomic E-state index is -0.589. The molecule has 4 aliphatic rings. The minimum absolute atomic E-state index is 0.192. The number of para-hydroxylation sites is 1. The summed E-state index contributed by atoms with van der Waals surface area (Å²) in [7, 11) is 1.30. The molecule has 2 amide bonds. The van der Waals surface area contributed by atoms with Crippen molar-refractivity contribution in [3.63, 3.8) is 0 Å². The summed E-state index contributed by atoms with van der Waals surface area (Å²) < 4.78 is 4.93. The second-order valence-corrected chi connectivity index (χ2v) is 9.00. The number of nitrogens with zero attached hydrogens (tertiary/aromatic N) is 1. The zero-order valence-corrected chi connectivity index (χ0v) is 18.4. The van der Waals surface area contributed by atoms with Gasteiger partial charge in [-0.25, -0.2) is 9.69 Å². The van der Waals surface area contributed by atoms with Crippen molar-refractivity contribution in [1.82, 2.24) is 0 Å². The van der Waals surface area contributed by atoms with E-state index < -0.39 is 23.2 Å². The van der Waals surface area contributed by atoms with Gasteiger partial charge in [-0.3, -0.25) is 9.59 Å². The molecule has 2 bridgehead atoms. The predicted molar refractivity (Wildman–Crippen MR) is 123 cm³/mol. The number of rotatable bonds is 3. The highest BCUT2D eigenvalue weighted by Gasteiger charge is 2.67. The Labute approximate surface area is 192 Å². The number of carbonyl (C=O) groups excluding carboxylic acids is 3. The van der Waals surface area contributed by atoms with Crippen LogP contribution in [0.1, 0.15) is 51.9 Å². The Morgan fingerprint density at radius 2 is 1.45 bits per heavy atom. The molecule has 5 heteroatoms. The highest BCUT2D eigenvalue weighted by Crippen LogP contribution is 2.65. The Balaban J connectivity index is 1.62. The van der Waals surface area contributed by atoms with E-state index in [0.29, 0.717) is 12.1 Å². The first-order valence-corrected chi connectivity index (χ1v) is 11.3. The van der Waals surface area contributed by atoms with E-state index in [-0.39, 0.29) is 23.3 Å². The van der Waals surface area contributed by atoms with Gasteiger partial charge in [0.1, 0.15) is 0 Å². The molecule has 7 rings (SSSR count). The van der Waals surface area contributed by atoms with Crippen LogP contribution in [0.3, 0.4) is 0 Å². The van der Waals surface area contributed by atoms with Gasteiger partial charge in [0.2, 0.25) is 11.8 Å². The van der Waals surface area contributed by atoms with Crippen LogP contribution < -0.4 is 4.90 Å². The van der Waals surface area contributed by atoms with Crippen LogP contribution >= 0.6 is 0 Å². The number of benzene rings is 3. The van der Waals surface area contributed by atoms with Gasteiger partial charge in [0, 0.05) is 11.3 Å². The van der Waals surface area contributed by atoms with Crippen LogP contribution in [-0.2, 0) is 19.7 Å². The number of hydrogen-bond acceptors (Lipinski definition) is 4. The van der Waals surface area contributed by atoms with Crippen LogP contribution in [0.15, 0.2) is 72.8 Å². The molecular formula is C28H23NO4. The highest BCUT2D eigenvalue weighted by molar-refractivity contribution is 6.25. The quantitative estimate of drug-likeness (QED) is 0.449. The van der Waals surface area contributed by atoms with Crippen molar-refractivity contribution in [2.45, 2.75) is 24.7 Å². The second-order valence-electron chi connectivity index (χ2n) is 9.00. The van der Waals surface area contributed by atoms with E-state index in [4.69, 9.17) is 4.74 Å². The van der Waals surface area contributed by atoms with E-state index in [1.807, 2.05) is 24.3 Å². The van der Waals surface area contributed by atoms with Gasteiger partial charge in [-0.2, -0.15) is 0 Å².